The fourth-order valence-corrected chi connectivity index (χ4v) is 1.44. The van der Waals surface area contributed by atoms with Gasteiger partial charge in [-0.15, -0.1) is 0 Å². The summed E-state index contributed by atoms with van der Waals surface area (Å²) in [6.45, 7) is 1.30. The highest BCUT2D eigenvalue weighted by molar-refractivity contribution is 5.73. The first-order valence-electron chi connectivity index (χ1n) is 5.31. The van der Waals surface area contributed by atoms with Crippen LogP contribution in [0.1, 0.15) is 11.1 Å². The molecule has 0 heterocycles. The summed E-state index contributed by atoms with van der Waals surface area (Å²) in [6.07, 6.45) is 0.230. The molecule has 0 aromatic heterocycles. The van der Waals surface area contributed by atoms with Gasteiger partial charge in [0.05, 0.1) is 0 Å². The first kappa shape index (κ1) is 13.4. The molecule has 1 rings (SSSR count). The molecule has 0 spiro atoms. The summed E-state index contributed by atoms with van der Waals surface area (Å²) in [5.74, 6) is -0.514. The van der Waals surface area contributed by atoms with Crippen molar-refractivity contribution in [1.29, 1.82) is 0 Å². The van der Waals surface area contributed by atoms with E-state index in [9.17, 15) is 9.18 Å². The molecule has 94 valence electrons. The van der Waals surface area contributed by atoms with Crippen LogP contribution in [0, 0.1) is 6.92 Å². The van der Waals surface area contributed by atoms with E-state index in [1.807, 2.05) is 6.92 Å². The van der Waals surface area contributed by atoms with E-state index in [4.69, 9.17) is 15.6 Å². The van der Waals surface area contributed by atoms with Crippen molar-refractivity contribution >= 4 is 5.97 Å². The molecule has 0 amide bonds. The van der Waals surface area contributed by atoms with E-state index in [1.54, 1.807) is 18.2 Å². The fourth-order valence-electron chi connectivity index (χ4n) is 1.44. The average molecular weight is 241 g/mol. The van der Waals surface area contributed by atoms with Crippen LogP contribution in [-0.2, 0) is 11.2 Å². The quantitative estimate of drug-likeness (QED) is 0.787. The Bertz CT molecular complexity index is 395. The summed E-state index contributed by atoms with van der Waals surface area (Å²) in [4.78, 5) is 10.7. The topological polar surface area (TPSA) is 72.5 Å². The number of benzene rings is 1. The van der Waals surface area contributed by atoms with Crippen LogP contribution in [-0.4, -0.2) is 30.4 Å². The zero-order chi connectivity index (χ0) is 12.8. The summed E-state index contributed by atoms with van der Waals surface area (Å²) in [5.41, 5.74) is 7.21. The Morgan fingerprint density at radius 2 is 2.29 bits per heavy atom. The zero-order valence-electron chi connectivity index (χ0n) is 9.65. The van der Waals surface area contributed by atoms with E-state index in [-0.39, 0.29) is 13.0 Å². The maximum Gasteiger partial charge on any atom is 0.320 e. The van der Waals surface area contributed by atoms with E-state index in [0.29, 0.717) is 5.75 Å². The maximum atomic E-state index is 12.0. The third-order valence-corrected chi connectivity index (χ3v) is 2.42. The van der Waals surface area contributed by atoms with Gasteiger partial charge in [0.1, 0.15) is 25.1 Å². The molecule has 0 aliphatic heterocycles. The first-order valence-corrected chi connectivity index (χ1v) is 5.31. The number of aryl methyl sites for hydroxylation is 1. The van der Waals surface area contributed by atoms with Gasteiger partial charge < -0.3 is 15.6 Å². The van der Waals surface area contributed by atoms with Crippen LogP contribution in [0.5, 0.6) is 5.75 Å². The lowest BCUT2D eigenvalue weighted by Gasteiger charge is -2.11. The molecule has 3 N–H and O–H groups in total. The molecule has 1 aromatic rings. The number of hydrogen-bond donors (Lipinski definition) is 2. The number of aliphatic carboxylic acids is 1. The van der Waals surface area contributed by atoms with Gasteiger partial charge in [0.2, 0.25) is 0 Å². The van der Waals surface area contributed by atoms with Gasteiger partial charge in [-0.25, -0.2) is 4.39 Å². The summed E-state index contributed by atoms with van der Waals surface area (Å²) in [5, 5.41) is 8.74. The van der Waals surface area contributed by atoms with Crippen LogP contribution < -0.4 is 10.5 Å². The molecule has 0 aliphatic carbocycles. The van der Waals surface area contributed by atoms with E-state index in [0.717, 1.165) is 11.1 Å². The zero-order valence-corrected chi connectivity index (χ0v) is 9.65. The highest BCUT2D eigenvalue weighted by Gasteiger charge is 2.13. The summed E-state index contributed by atoms with van der Waals surface area (Å²) in [6, 6.07) is 4.29. The molecule has 0 fully saturated rings. The monoisotopic (exact) mass is 241 g/mol. The minimum absolute atomic E-state index is 0.00646. The number of carboxylic acids is 1. The largest absolute Gasteiger partial charge is 0.491 e. The fraction of sp³-hybridized carbons (Fsp3) is 0.417. The normalized spacial score (nSPS) is 12.2. The van der Waals surface area contributed by atoms with Crippen LogP contribution in [0.25, 0.3) is 0 Å². The molecule has 1 unspecified atom stereocenters. The van der Waals surface area contributed by atoms with Crippen molar-refractivity contribution in [2.75, 3.05) is 13.3 Å². The van der Waals surface area contributed by atoms with Crippen molar-refractivity contribution in [3.05, 3.63) is 29.3 Å². The molecule has 4 nitrogen and oxygen atoms in total. The second kappa shape index (κ2) is 6.20. The van der Waals surface area contributed by atoms with Crippen LogP contribution in [0.15, 0.2) is 18.2 Å². The lowest BCUT2D eigenvalue weighted by atomic mass is 10.0. The Balaban J connectivity index is 2.79. The van der Waals surface area contributed by atoms with Gasteiger partial charge in [0.15, 0.2) is 0 Å². The van der Waals surface area contributed by atoms with Crippen LogP contribution in [0.4, 0.5) is 4.39 Å². The van der Waals surface area contributed by atoms with E-state index in [1.165, 1.54) is 0 Å². The summed E-state index contributed by atoms with van der Waals surface area (Å²) >= 11 is 0. The molecule has 0 saturated carbocycles. The third kappa shape index (κ3) is 4.03. The number of nitrogens with two attached hydrogens (primary N) is 1. The molecular weight excluding hydrogens is 225 g/mol. The van der Waals surface area contributed by atoms with Gasteiger partial charge in [-0.05, 0) is 36.6 Å². The highest BCUT2D eigenvalue weighted by Crippen LogP contribution is 2.18. The highest BCUT2D eigenvalue weighted by atomic mass is 19.1. The van der Waals surface area contributed by atoms with Gasteiger partial charge >= 0.3 is 5.97 Å². The standard InChI is InChI=1S/C12H16FNO3/c1-8-2-3-10(17-5-4-13)6-9(8)7-11(14)12(15)16/h2-3,6,11H,4-5,7,14H2,1H3,(H,15,16). The number of alkyl halides is 1. The molecular formula is C12H16FNO3. The molecule has 0 bridgehead atoms. The smallest absolute Gasteiger partial charge is 0.320 e. The molecule has 17 heavy (non-hydrogen) atoms. The number of halogens is 1. The Morgan fingerprint density at radius 3 is 2.88 bits per heavy atom. The van der Waals surface area contributed by atoms with Crippen LogP contribution in [0.3, 0.4) is 0 Å². The Labute approximate surface area is 99.2 Å². The minimum Gasteiger partial charge on any atom is -0.491 e. The van der Waals surface area contributed by atoms with Crippen molar-refractivity contribution < 1.29 is 19.0 Å². The number of carbonyl (C=O) groups is 1. The van der Waals surface area contributed by atoms with Gasteiger partial charge in [-0.2, -0.15) is 0 Å². The van der Waals surface area contributed by atoms with Crippen molar-refractivity contribution in [3.63, 3.8) is 0 Å². The maximum absolute atomic E-state index is 12.0. The van der Waals surface area contributed by atoms with Gasteiger partial charge in [-0.3, -0.25) is 4.79 Å². The van der Waals surface area contributed by atoms with Crippen molar-refractivity contribution in [3.8, 4) is 5.75 Å². The van der Waals surface area contributed by atoms with E-state index in [2.05, 4.69) is 0 Å². The lowest BCUT2D eigenvalue weighted by Crippen LogP contribution is -2.32. The SMILES string of the molecule is Cc1ccc(OCCF)cc1CC(N)C(=O)O. The Hall–Kier alpha value is -1.62. The van der Waals surface area contributed by atoms with Gasteiger partial charge in [0.25, 0.3) is 0 Å². The molecule has 1 atom stereocenters. The second-order valence-corrected chi connectivity index (χ2v) is 3.77. The van der Waals surface area contributed by atoms with Crippen LogP contribution >= 0.6 is 0 Å². The van der Waals surface area contributed by atoms with Crippen LogP contribution in [0.2, 0.25) is 0 Å². The van der Waals surface area contributed by atoms with E-state index >= 15 is 0 Å². The van der Waals surface area contributed by atoms with Crippen molar-refractivity contribution in [2.24, 2.45) is 5.73 Å². The molecule has 1 aromatic carbocycles. The Morgan fingerprint density at radius 1 is 1.59 bits per heavy atom. The summed E-state index contributed by atoms with van der Waals surface area (Å²) in [7, 11) is 0. The number of rotatable bonds is 6. The van der Waals surface area contributed by atoms with Gasteiger partial charge in [0, 0.05) is 0 Å². The number of carboxylic acid groups (broad SMARTS) is 1. The molecule has 0 aliphatic rings. The van der Waals surface area contributed by atoms with Gasteiger partial charge in [-0.1, -0.05) is 6.07 Å². The number of ether oxygens (including phenoxy) is 1. The van der Waals surface area contributed by atoms with Crippen molar-refractivity contribution in [2.45, 2.75) is 19.4 Å². The first-order chi connectivity index (χ1) is 8.04. The Kier molecular flexibility index (Phi) is 4.90. The van der Waals surface area contributed by atoms with E-state index < -0.39 is 18.7 Å². The summed E-state index contributed by atoms with van der Waals surface area (Å²) < 4.78 is 17.1. The molecule has 0 saturated heterocycles. The number of hydrogen-bond acceptors (Lipinski definition) is 3. The average Bonchev–Trinajstić information content (AvgIpc) is 2.29. The predicted octanol–water partition coefficient (Wildman–Crippen LogP) is 1.30. The third-order valence-electron chi connectivity index (χ3n) is 2.42. The molecule has 5 heteroatoms. The second-order valence-electron chi connectivity index (χ2n) is 3.77. The van der Waals surface area contributed by atoms with Crippen molar-refractivity contribution in [1.82, 2.24) is 0 Å². The predicted molar refractivity (Wildman–Crippen MR) is 62.0 cm³/mol. The minimum atomic E-state index is -1.04. The molecule has 0 radical (unpaired) electrons. The lowest BCUT2D eigenvalue weighted by molar-refractivity contribution is -0.138.